The van der Waals surface area contributed by atoms with E-state index in [1.165, 1.54) is 6.20 Å². The predicted octanol–water partition coefficient (Wildman–Crippen LogP) is 3.38. The summed E-state index contributed by atoms with van der Waals surface area (Å²) in [7, 11) is 0. The molecule has 30 heavy (non-hydrogen) atoms. The van der Waals surface area contributed by atoms with E-state index in [-0.39, 0.29) is 24.1 Å². The maximum absolute atomic E-state index is 13.4. The van der Waals surface area contributed by atoms with Gasteiger partial charge in [0.05, 0.1) is 29.8 Å². The molecule has 1 amide bonds. The Morgan fingerprint density at radius 1 is 1.23 bits per heavy atom. The molecule has 1 atom stereocenters. The van der Waals surface area contributed by atoms with Crippen LogP contribution in [-0.2, 0) is 0 Å². The van der Waals surface area contributed by atoms with Crippen LogP contribution in [0.3, 0.4) is 0 Å². The number of carbonyl (C=O) groups is 1. The third-order valence-electron chi connectivity index (χ3n) is 4.04. The van der Waals surface area contributed by atoms with E-state index in [0.717, 1.165) is 11.8 Å². The fraction of sp³-hybridized carbons (Fsp3) is 0.211. The van der Waals surface area contributed by atoms with E-state index in [1.54, 1.807) is 37.4 Å². The van der Waals surface area contributed by atoms with Gasteiger partial charge in [0.15, 0.2) is 0 Å². The summed E-state index contributed by atoms with van der Waals surface area (Å²) in [6.07, 6.45) is -1.88. The first-order valence-electron chi connectivity index (χ1n) is 8.71. The third-order valence-corrected chi connectivity index (χ3v) is 4.04. The normalized spacial score (nSPS) is 11.7. The van der Waals surface area contributed by atoms with Crippen LogP contribution < -0.4 is 10.6 Å². The lowest BCUT2D eigenvalue weighted by molar-refractivity contribution is 0.000798. The number of hydrogen-bond acceptors (Lipinski definition) is 6. The number of nitrogens with zero attached hydrogens (tertiary/aromatic N) is 5. The standard InChI is InChI=1S/C19H16F3N7O/c1-11-8-25-19(27-14-9-26-29(10-14)17(22)16(20)21)28-15(11)12-2-4-13(5-3-12)18(30)24-7-6-23/h2-5,8-10,16-17H,7H2,1H3,(H,24,30)(H,25,27,28). The summed E-state index contributed by atoms with van der Waals surface area (Å²) in [6, 6.07) is 8.45. The van der Waals surface area contributed by atoms with E-state index in [0.29, 0.717) is 21.5 Å². The van der Waals surface area contributed by atoms with E-state index in [1.807, 2.05) is 6.07 Å². The molecule has 3 aromatic rings. The zero-order chi connectivity index (χ0) is 21.7. The molecule has 1 aromatic carbocycles. The van der Waals surface area contributed by atoms with Crippen LogP contribution in [0.2, 0.25) is 0 Å². The van der Waals surface area contributed by atoms with Gasteiger partial charge in [-0.05, 0) is 24.6 Å². The highest BCUT2D eigenvalue weighted by atomic mass is 19.3. The maximum atomic E-state index is 13.4. The zero-order valence-corrected chi connectivity index (χ0v) is 15.7. The highest BCUT2D eigenvalue weighted by Gasteiger charge is 2.22. The van der Waals surface area contributed by atoms with Crippen LogP contribution in [0.1, 0.15) is 22.2 Å². The molecule has 3 rings (SSSR count). The molecule has 2 heterocycles. The molecular weight excluding hydrogens is 399 g/mol. The number of rotatable bonds is 7. The highest BCUT2D eigenvalue weighted by molar-refractivity contribution is 5.94. The lowest BCUT2D eigenvalue weighted by Gasteiger charge is -2.09. The van der Waals surface area contributed by atoms with E-state index >= 15 is 0 Å². The molecule has 11 heteroatoms. The van der Waals surface area contributed by atoms with E-state index < -0.39 is 12.7 Å². The number of nitrogens with one attached hydrogen (secondary N) is 2. The Bertz CT molecular complexity index is 1080. The minimum absolute atomic E-state index is 0.0856. The molecule has 0 radical (unpaired) electrons. The molecule has 2 aromatic heterocycles. The van der Waals surface area contributed by atoms with Gasteiger partial charge in [0.1, 0.15) is 6.54 Å². The van der Waals surface area contributed by atoms with Crippen molar-refractivity contribution in [1.29, 1.82) is 5.26 Å². The Labute approximate surface area is 169 Å². The number of hydrogen-bond donors (Lipinski definition) is 2. The van der Waals surface area contributed by atoms with Gasteiger partial charge in [0.2, 0.25) is 5.95 Å². The predicted molar refractivity (Wildman–Crippen MR) is 102 cm³/mol. The molecule has 8 nitrogen and oxygen atoms in total. The summed E-state index contributed by atoms with van der Waals surface area (Å²) in [5.41, 5.74) is 2.70. The molecule has 154 valence electrons. The molecule has 0 fully saturated rings. The Morgan fingerprint density at radius 3 is 2.63 bits per heavy atom. The lowest BCUT2D eigenvalue weighted by atomic mass is 10.1. The van der Waals surface area contributed by atoms with Crippen molar-refractivity contribution in [3.05, 3.63) is 54.0 Å². The van der Waals surface area contributed by atoms with Crippen LogP contribution in [0.15, 0.2) is 42.9 Å². The SMILES string of the molecule is Cc1cnc(Nc2cnn(C(F)C(F)F)c2)nc1-c1ccc(C(=O)NCC#N)cc1. The number of amides is 1. The van der Waals surface area contributed by atoms with Gasteiger partial charge in [0, 0.05) is 17.3 Å². The third kappa shape index (κ3) is 4.72. The number of nitriles is 1. The fourth-order valence-corrected chi connectivity index (χ4v) is 2.58. The molecule has 1 unspecified atom stereocenters. The second-order valence-corrected chi connectivity index (χ2v) is 6.18. The van der Waals surface area contributed by atoms with Gasteiger partial charge in [-0.25, -0.2) is 27.8 Å². The second-order valence-electron chi connectivity index (χ2n) is 6.18. The van der Waals surface area contributed by atoms with Crippen molar-refractivity contribution in [2.24, 2.45) is 0 Å². The minimum atomic E-state index is -3.19. The van der Waals surface area contributed by atoms with E-state index in [4.69, 9.17) is 5.26 Å². The molecule has 0 aliphatic carbocycles. The van der Waals surface area contributed by atoms with Crippen molar-refractivity contribution >= 4 is 17.5 Å². The van der Waals surface area contributed by atoms with Crippen LogP contribution in [-0.4, -0.2) is 38.6 Å². The van der Waals surface area contributed by atoms with Crippen molar-refractivity contribution in [1.82, 2.24) is 25.1 Å². The fourth-order valence-electron chi connectivity index (χ4n) is 2.58. The number of alkyl halides is 3. The topological polar surface area (TPSA) is 109 Å². The van der Waals surface area contributed by atoms with Crippen LogP contribution in [0, 0.1) is 18.3 Å². The monoisotopic (exact) mass is 415 g/mol. The maximum Gasteiger partial charge on any atom is 0.289 e. The van der Waals surface area contributed by atoms with Gasteiger partial charge in [-0.1, -0.05) is 12.1 Å². The average Bonchev–Trinajstić information content (AvgIpc) is 3.21. The summed E-state index contributed by atoms with van der Waals surface area (Å²) < 4.78 is 38.8. The average molecular weight is 415 g/mol. The van der Waals surface area contributed by atoms with Gasteiger partial charge in [0.25, 0.3) is 18.6 Å². The van der Waals surface area contributed by atoms with Crippen molar-refractivity contribution in [2.75, 3.05) is 11.9 Å². The van der Waals surface area contributed by atoms with Gasteiger partial charge >= 0.3 is 0 Å². The number of benzene rings is 1. The van der Waals surface area contributed by atoms with Crippen LogP contribution >= 0.6 is 0 Å². The summed E-state index contributed by atoms with van der Waals surface area (Å²) in [4.78, 5) is 20.4. The molecule has 0 bridgehead atoms. The number of aryl methyl sites for hydroxylation is 1. The van der Waals surface area contributed by atoms with Gasteiger partial charge in [-0.3, -0.25) is 4.79 Å². The number of carbonyl (C=O) groups excluding carboxylic acids is 1. The lowest BCUT2D eigenvalue weighted by Crippen LogP contribution is -2.23. The smallest absolute Gasteiger partial charge is 0.289 e. The molecule has 2 N–H and O–H groups in total. The van der Waals surface area contributed by atoms with Crippen LogP contribution in [0.4, 0.5) is 24.8 Å². The molecule has 0 saturated carbocycles. The Hall–Kier alpha value is -3.94. The first-order chi connectivity index (χ1) is 14.4. The number of aromatic nitrogens is 4. The van der Waals surface area contributed by atoms with Crippen molar-refractivity contribution in [3.63, 3.8) is 0 Å². The minimum Gasteiger partial charge on any atom is -0.339 e. The molecule has 0 aliphatic rings. The van der Waals surface area contributed by atoms with E-state index in [9.17, 15) is 18.0 Å². The second kappa shape index (κ2) is 9.04. The van der Waals surface area contributed by atoms with E-state index in [2.05, 4.69) is 25.7 Å². The van der Waals surface area contributed by atoms with Crippen molar-refractivity contribution in [2.45, 2.75) is 19.6 Å². The van der Waals surface area contributed by atoms with Crippen LogP contribution in [0.25, 0.3) is 11.3 Å². The summed E-state index contributed by atoms with van der Waals surface area (Å²) in [6.45, 7) is 1.72. The first-order valence-corrected chi connectivity index (χ1v) is 8.71. The largest absolute Gasteiger partial charge is 0.339 e. The molecular formula is C19H16F3N7O. The Morgan fingerprint density at radius 2 is 1.97 bits per heavy atom. The van der Waals surface area contributed by atoms with Crippen molar-refractivity contribution in [3.8, 4) is 17.3 Å². The summed E-state index contributed by atoms with van der Waals surface area (Å²) in [5, 5.41) is 17.3. The highest BCUT2D eigenvalue weighted by Crippen LogP contribution is 2.24. The molecule has 0 saturated heterocycles. The quantitative estimate of drug-likeness (QED) is 0.573. The Balaban J connectivity index is 1.79. The number of halogens is 3. The zero-order valence-electron chi connectivity index (χ0n) is 15.7. The van der Waals surface area contributed by atoms with Crippen LogP contribution in [0.5, 0.6) is 0 Å². The van der Waals surface area contributed by atoms with Gasteiger partial charge < -0.3 is 10.6 Å². The first kappa shape index (κ1) is 20.8. The van der Waals surface area contributed by atoms with Gasteiger partial charge in [-0.15, -0.1) is 0 Å². The van der Waals surface area contributed by atoms with Gasteiger partial charge in [-0.2, -0.15) is 10.4 Å². The summed E-state index contributed by atoms with van der Waals surface area (Å²) >= 11 is 0. The van der Waals surface area contributed by atoms with Crippen molar-refractivity contribution < 1.29 is 18.0 Å². The number of anilines is 2. The Kier molecular flexibility index (Phi) is 6.26. The summed E-state index contributed by atoms with van der Waals surface area (Å²) in [5.74, 6) is -0.199. The molecule has 0 spiro atoms. The molecule has 0 aliphatic heterocycles.